The quantitative estimate of drug-likeness (QED) is 0.528. The Hall–Kier alpha value is -0.510. The summed E-state index contributed by atoms with van der Waals surface area (Å²) in [5.74, 6) is 0.242. The maximum atomic E-state index is 10.7. The smallest absolute Gasteiger partial charge is 0.278 e. The Morgan fingerprint density at radius 3 is 2.30 bits per heavy atom. The molecule has 0 aromatic carbocycles. The van der Waals surface area contributed by atoms with Crippen LogP contribution in [0.2, 0.25) is 0 Å². The zero-order valence-corrected chi connectivity index (χ0v) is 6.43. The van der Waals surface area contributed by atoms with E-state index in [-0.39, 0.29) is 11.0 Å². The number of nitrogens with zero attached hydrogens (tertiary/aromatic N) is 1. The van der Waals surface area contributed by atoms with Gasteiger partial charge in [-0.1, -0.05) is 12.6 Å². The van der Waals surface area contributed by atoms with Crippen LogP contribution in [0.5, 0.6) is 0 Å². The van der Waals surface area contributed by atoms with Crippen LogP contribution in [0.3, 0.4) is 0 Å². The summed E-state index contributed by atoms with van der Waals surface area (Å²) in [6.45, 7) is 1.09. The number of hydrogen-bond acceptors (Lipinski definition) is 2. The van der Waals surface area contributed by atoms with E-state index in [1.807, 2.05) is 0 Å². The molecule has 1 fully saturated rings. The molecular formula is C6H9NO2S. The first-order valence-corrected chi connectivity index (χ1v) is 3.64. The fourth-order valence-electron chi connectivity index (χ4n) is 0.947. The summed E-state index contributed by atoms with van der Waals surface area (Å²) in [5.41, 5.74) is 0. The molecule has 0 aromatic rings. The second-order valence-corrected chi connectivity index (χ2v) is 2.69. The molecule has 0 bridgehead atoms. The van der Waals surface area contributed by atoms with Crippen LogP contribution in [0.15, 0.2) is 0 Å². The minimum Gasteiger partial charge on any atom is -0.333 e. The maximum Gasteiger partial charge on any atom is 0.278 e. The summed E-state index contributed by atoms with van der Waals surface area (Å²) in [6.07, 6.45) is 0.985. The summed E-state index contributed by atoms with van der Waals surface area (Å²) in [7, 11) is 0. The zero-order valence-electron chi connectivity index (χ0n) is 5.54. The molecule has 10 heavy (non-hydrogen) atoms. The van der Waals surface area contributed by atoms with Crippen molar-refractivity contribution in [3.63, 3.8) is 0 Å². The molecule has 56 valence electrons. The van der Waals surface area contributed by atoms with E-state index in [9.17, 15) is 9.59 Å². The molecule has 0 atom stereocenters. The van der Waals surface area contributed by atoms with Gasteiger partial charge in [-0.2, -0.15) is 0 Å². The Bertz CT molecular complexity index is 159. The topological polar surface area (TPSA) is 37.4 Å². The SMILES string of the molecule is O=C1CCN(C(=O)S)CC1. The van der Waals surface area contributed by atoms with Crippen LogP contribution in [0.1, 0.15) is 12.8 Å². The largest absolute Gasteiger partial charge is 0.333 e. The second-order valence-electron chi connectivity index (χ2n) is 2.31. The normalized spacial score (nSPS) is 19.3. The number of ketones is 1. The molecule has 0 spiro atoms. The van der Waals surface area contributed by atoms with Gasteiger partial charge in [0.2, 0.25) is 0 Å². The Morgan fingerprint density at radius 1 is 1.40 bits per heavy atom. The number of Topliss-reactive ketones (excluding diaryl/α,β-unsaturated/α-hetero) is 1. The number of rotatable bonds is 0. The van der Waals surface area contributed by atoms with Gasteiger partial charge in [-0.25, -0.2) is 0 Å². The molecular weight excluding hydrogens is 150 g/mol. The monoisotopic (exact) mass is 159 g/mol. The third kappa shape index (κ3) is 1.73. The van der Waals surface area contributed by atoms with Crippen LogP contribution in [0.4, 0.5) is 4.79 Å². The number of thiol groups is 1. The molecule has 0 aromatic heterocycles. The number of carbonyl (C=O) groups is 2. The lowest BCUT2D eigenvalue weighted by atomic mass is 10.1. The van der Waals surface area contributed by atoms with Crippen molar-refractivity contribution in [1.82, 2.24) is 4.90 Å². The maximum absolute atomic E-state index is 10.7. The number of hydrogen-bond donors (Lipinski definition) is 1. The standard InChI is InChI=1S/C6H9NO2S/c8-5-1-3-7(4-2-5)6(9)10/h1-4H2,(H,9,10). The Kier molecular flexibility index (Phi) is 2.32. The molecule has 0 saturated carbocycles. The first kappa shape index (κ1) is 7.60. The lowest BCUT2D eigenvalue weighted by molar-refractivity contribution is -0.120. The van der Waals surface area contributed by atoms with E-state index in [2.05, 4.69) is 12.6 Å². The van der Waals surface area contributed by atoms with E-state index in [0.717, 1.165) is 0 Å². The number of carbonyl (C=O) groups excluding carboxylic acids is 2. The van der Waals surface area contributed by atoms with Crippen molar-refractivity contribution >= 4 is 23.7 Å². The molecule has 1 rings (SSSR count). The number of piperidine rings is 1. The van der Waals surface area contributed by atoms with E-state index >= 15 is 0 Å². The third-order valence-electron chi connectivity index (χ3n) is 1.59. The predicted octanol–water partition coefficient (Wildman–Crippen LogP) is 0.701. The lowest BCUT2D eigenvalue weighted by Crippen LogP contribution is -2.35. The lowest BCUT2D eigenvalue weighted by Gasteiger charge is -2.23. The Balaban J connectivity index is 2.40. The second kappa shape index (κ2) is 3.05. The van der Waals surface area contributed by atoms with Crippen molar-refractivity contribution in [2.45, 2.75) is 12.8 Å². The van der Waals surface area contributed by atoms with E-state index in [0.29, 0.717) is 25.9 Å². The molecule has 1 aliphatic heterocycles. The first-order valence-electron chi connectivity index (χ1n) is 3.20. The molecule has 0 radical (unpaired) electrons. The minimum atomic E-state index is -0.229. The van der Waals surface area contributed by atoms with Crippen LogP contribution >= 0.6 is 12.6 Å². The third-order valence-corrected chi connectivity index (χ3v) is 1.87. The van der Waals surface area contributed by atoms with Crippen molar-refractivity contribution in [3.05, 3.63) is 0 Å². The minimum absolute atomic E-state index is 0.229. The molecule has 0 unspecified atom stereocenters. The van der Waals surface area contributed by atoms with Crippen molar-refractivity contribution in [1.29, 1.82) is 0 Å². The van der Waals surface area contributed by atoms with Crippen molar-refractivity contribution in [2.75, 3.05) is 13.1 Å². The predicted molar refractivity (Wildman–Crippen MR) is 40.2 cm³/mol. The summed E-state index contributed by atoms with van der Waals surface area (Å²) in [4.78, 5) is 22.8. The van der Waals surface area contributed by atoms with Crippen LogP contribution in [-0.4, -0.2) is 29.0 Å². The Labute approximate surface area is 64.8 Å². The van der Waals surface area contributed by atoms with Gasteiger partial charge < -0.3 is 4.90 Å². The van der Waals surface area contributed by atoms with Gasteiger partial charge in [0.05, 0.1) is 0 Å². The van der Waals surface area contributed by atoms with Gasteiger partial charge in [-0.15, -0.1) is 0 Å². The van der Waals surface area contributed by atoms with Crippen molar-refractivity contribution in [3.8, 4) is 0 Å². The van der Waals surface area contributed by atoms with Crippen LogP contribution in [-0.2, 0) is 4.79 Å². The van der Waals surface area contributed by atoms with Crippen molar-refractivity contribution < 1.29 is 9.59 Å². The molecule has 1 saturated heterocycles. The summed E-state index contributed by atoms with van der Waals surface area (Å²) < 4.78 is 0. The zero-order chi connectivity index (χ0) is 7.56. The van der Waals surface area contributed by atoms with Gasteiger partial charge >= 0.3 is 0 Å². The Morgan fingerprint density at radius 2 is 1.90 bits per heavy atom. The average Bonchev–Trinajstić information content (AvgIpc) is 1.88. The fraction of sp³-hybridized carbons (Fsp3) is 0.667. The highest BCUT2D eigenvalue weighted by Gasteiger charge is 2.17. The molecule has 1 heterocycles. The van der Waals surface area contributed by atoms with Crippen LogP contribution in [0.25, 0.3) is 0 Å². The molecule has 1 amide bonds. The molecule has 1 aliphatic rings. The van der Waals surface area contributed by atoms with Gasteiger partial charge in [-0.05, 0) is 0 Å². The summed E-state index contributed by atoms with van der Waals surface area (Å²) in [5, 5.41) is -0.229. The fourth-order valence-corrected chi connectivity index (χ4v) is 1.15. The summed E-state index contributed by atoms with van der Waals surface area (Å²) >= 11 is 3.65. The highest BCUT2D eigenvalue weighted by molar-refractivity contribution is 7.96. The highest BCUT2D eigenvalue weighted by Crippen LogP contribution is 2.07. The molecule has 3 nitrogen and oxygen atoms in total. The van der Waals surface area contributed by atoms with E-state index in [1.165, 1.54) is 0 Å². The van der Waals surface area contributed by atoms with Crippen LogP contribution in [0, 0.1) is 0 Å². The van der Waals surface area contributed by atoms with Gasteiger partial charge in [-0.3, -0.25) is 9.59 Å². The van der Waals surface area contributed by atoms with Crippen molar-refractivity contribution in [2.24, 2.45) is 0 Å². The van der Waals surface area contributed by atoms with Gasteiger partial charge in [0.25, 0.3) is 5.24 Å². The van der Waals surface area contributed by atoms with Gasteiger partial charge in [0.15, 0.2) is 0 Å². The van der Waals surface area contributed by atoms with Gasteiger partial charge in [0.1, 0.15) is 5.78 Å². The molecule has 0 N–H and O–H groups in total. The van der Waals surface area contributed by atoms with E-state index in [4.69, 9.17) is 0 Å². The molecule has 4 heteroatoms. The van der Waals surface area contributed by atoms with E-state index < -0.39 is 0 Å². The highest BCUT2D eigenvalue weighted by atomic mass is 32.1. The van der Waals surface area contributed by atoms with Crippen LogP contribution < -0.4 is 0 Å². The van der Waals surface area contributed by atoms with E-state index in [1.54, 1.807) is 4.90 Å². The van der Waals surface area contributed by atoms with Gasteiger partial charge in [0, 0.05) is 25.9 Å². The average molecular weight is 159 g/mol. The summed E-state index contributed by atoms with van der Waals surface area (Å²) in [6, 6.07) is 0. The number of likely N-dealkylation sites (tertiary alicyclic amines) is 1. The molecule has 0 aliphatic carbocycles. The first-order chi connectivity index (χ1) is 4.70. The number of amides is 1.